The molecule has 2 N–H and O–H groups in total. The number of fused-ring (bicyclic) bond motifs is 1. The van der Waals surface area contributed by atoms with Crippen LogP contribution in [0.25, 0.3) is 0 Å². The molecule has 19 heavy (non-hydrogen) atoms. The lowest BCUT2D eigenvalue weighted by atomic mass is 10.2. The highest BCUT2D eigenvalue weighted by Crippen LogP contribution is 2.33. The standard InChI is InChI=1S/C12H10ClN3OS2/c13-10-4-15-12(19-10)5-14-7-1-2-9-8(3-7)16-11(17)6-18-9/h1-4,14H,5-6H2,(H,16,17). The summed E-state index contributed by atoms with van der Waals surface area (Å²) in [4.78, 5) is 16.6. The highest BCUT2D eigenvalue weighted by molar-refractivity contribution is 8.00. The number of halogens is 1. The number of carbonyl (C=O) groups excluding carboxylic acids is 1. The van der Waals surface area contributed by atoms with Crippen molar-refractivity contribution in [1.82, 2.24) is 4.98 Å². The maximum atomic E-state index is 11.3. The first-order valence-electron chi connectivity index (χ1n) is 5.61. The van der Waals surface area contributed by atoms with Gasteiger partial charge in [-0.15, -0.1) is 23.1 Å². The monoisotopic (exact) mass is 311 g/mol. The summed E-state index contributed by atoms with van der Waals surface area (Å²) in [6, 6.07) is 5.95. The van der Waals surface area contributed by atoms with Crippen molar-refractivity contribution >= 4 is 52.0 Å². The summed E-state index contributed by atoms with van der Waals surface area (Å²) in [5.74, 6) is 0.526. The van der Waals surface area contributed by atoms with Crippen molar-refractivity contribution < 1.29 is 4.79 Å². The maximum Gasteiger partial charge on any atom is 0.234 e. The molecule has 1 aromatic heterocycles. The molecule has 1 aliphatic heterocycles. The second kappa shape index (κ2) is 5.40. The number of nitrogens with one attached hydrogen (secondary N) is 2. The van der Waals surface area contributed by atoms with Crippen molar-refractivity contribution in [2.75, 3.05) is 16.4 Å². The lowest BCUT2D eigenvalue weighted by molar-refractivity contribution is -0.113. The minimum absolute atomic E-state index is 0.0429. The fourth-order valence-corrected chi connectivity index (χ4v) is 3.43. The Bertz CT molecular complexity index is 629. The van der Waals surface area contributed by atoms with Gasteiger partial charge < -0.3 is 10.6 Å². The van der Waals surface area contributed by atoms with Crippen LogP contribution in [0.1, 0.15) is 5.01 Å². The van der Waals surface area contributed by atoms with Crippen molar-refractivity contribution in [3.05, 3.63) is 33.7 Å². The van der Waals surface area contributed by atoms with E-state index < -0.39 is 0 Å². The first kappa shape index (κ1) is 12.8. The fraction of sp³-hybridized carbons (Fsp3) is 0.167. The van der Waals surface area contributed by atoms with Gasteiger partial charge in [-0.1, -0.05) is 11.6 Å². The van der Waals surface area contributed by atoms with Crippen LogP contribution < -0.4 is 10.6 Å². The number of carbonyl (C=O) groups is 1. The summed E-state index contributed by atoms with van der Waals surface area (Å²) in [6.45, 7) is 0.622. The van der Waals surface area contributed by atoms with Gasteiger partial charge in [0.1, 0.15) is 9.34 Å². The van der Waals surface area contributed by atoms with Gasteiger partial charge in [-0.05, 0) is 18.2 Å². The summed E-state index contributed by atoms with van der Waals surface area (Å²) in [7, 11) is 0. The molecule has 0 spiro atoms. The van der Waals surface area contributed by atoms with Gasteiger partial charge in [0.2, 0.25) is 5.91 Å². The molecule has 0 atom stereocenters. The Hall–Kier alpha value is -1.24. The smallest absolute Gasteiger partial charge is 0.234 e. The summed E-state index contributed by atoms with van der Waals surface area (Å²) in [5, 5.41) is 7.07. The summed E-state index contributed by atoms with van der Waals surface area (Å²) in [5.41, 5.74) is 1.82. The van der Waals surface area contributed by atoms with E-state index in [2.05, 4.69) is 15.6 Å². The van der Waals surface area contributed by atoms with Crippen LogP contribution in [0.3, 0.4) is 0 Å². The second-order valence-corrected chi connectivity index (χ2v) is 6.72. The summed E-state index contributed by atoms with van der Waals surface area (Å²) < 4.78 is 0.686. The number of nitrogens with zero attached hydrogens (tertiary/aromatic N) is 1. The molecule has 0 aliphatic carbocycles. The zero-order valence-corrected chi connectivity index (χ0v) is 12.2. The fourth-order valence-electron chi connectivity index (χ4n) is 1.74. The lowest BCUT2D eigenvalue weighted by Gasteiger charge is -2.17. The van der Waals surface area contributed by atoms with Gasteiger partial charge in [0.05, 0.1) is 24.2 Å². The van der Waals surface area contributed by atoms with E-state index in [0.717, 1.165) is 21.3 Å². The average Bonchev–Trinajstić information content (AvgIpc) is 2.81. The highest BCUT2D eigenvalue weighted by Gasteiger charge is 2.15. The van der Waals surface area contributed by atoms with Gasteiger partial charge in [0.25, 0.3) is 0 Å². The number of benzene rings is 1. The van der Waals surface area contributed by atoms with Crippen LogP contribution in [-0.4, -0.2) is 16.6 Å². The van der Waals surface area contributed by atoms with Crippen LogP contribution in [0.4, 0.5) is 11.4 Å². The van der Waals surface area contributed by atoms with E-state index in [0.29, 0.717) is 16.6 Å². The normalized spacial score (nSPS) is 13.8. The van der Waals surface area contributed by atoms with Crippen LogP contribution in [0.15, 0.2) is 29.3 Å². The minimum Gasteiger partial charge on any atom is -0.378 e. The Kier molecular flexibility index (Phi) is 3.63. The molecule has 2 aromatic rings. The van der Waals surface area contributed by atoms with Gasteiger partial charge in [0, 0.05) is 10.6 Å². The van der Waals surface area contributed by atoms with Crippen LogP contribution in [0.2, 0.25) is 4.34 Å². The molecule has 0 saturated heterocycles. The van der Waals surface area contributed by atoms with Gasteiger partial charge in [0.15, 0.2) is 0 Å². The van der Waals surface area contributed by atoms with Gasteiger partial charge >= 0.3 is 0 Å². The van der Waals surface area contributed by atoms with Crippen molar-refractivity contribution in [3.63, 3.8) is 0 Å². The molecule has 1 aliphatic rings. The van der Waals surface area contributed by atoms with Crippen LogP contribution in [0.5, 0.6) is 0 Å². The summed E-state index contributed by atoms with van der Waals surface area (Å²) in [6.07, 6.45) is 1.65. The highest BCUT2D eigenvalue weighted by atomic mass is 35.5. The molecule has 1 amide bonds. The molecule has 4 nitrogen and oxygen atoms in total. The third kappa shape index (κ3) is 3.02. The number of thioether (sulfide) groups is 1. The van der Waals surface area contributed by atoms with Crippen molar-refractivity contribution in [2.24, 2.45) is 0 Å². The topological polar surface area (TPSA) is 54.0 Å². The third-order valence-corrected chi connectivity index (χ3v) is 4.77. The van der Waals surface area contributed by atoms with E-state index in [1.54, 1.807) is 18.0 Å². The Labute approximate surface area is 123 Å². The number of rotatable bonds is 3. The van der Waals surface area contributed by atoms with E-state index in [-0.39, 0.29) is 5.91 Å². The molecule has 1 aromatic carbocycles. The molecule has 98 valence electrons. The van der Waals surface area contributed by atoms with Gasteiger partial charge in [-0.25, -0.2) is 4.98 Å². The number of anilines is 2. The zero-order valence-electron chi connectivity index (χ0n) is 9.77. The molecule has 0 radical (unpaired) electrons. The number of hydrogen-bond donors (Lipinski definition) is 2. The molecule has 3 rings (SSSR count). The molecule has 0 fully saturated rings. The zero-order chi connectivity index (χ0) is 13.2. The molecule has 7 heteroatoms. The van der Waals surface area contributed by atoms with E-state index in [1.807, 2.05) is 18.2 Å². The van der Waals surface area contributed by atoms with Crippen molar-refractivity contribution in [3.8, 4) is 0 Å². The number of hydrogen-bond acceptors (Lipinski definition) is 5. The third-order valence-electron chi connectivity index (χ3n) is 2.58. The Balaban J connectivity index is 1.71. The summed E-state index contributed by atoms with van der Waals surface area (Å²) >= 11 is 8.84. The second-order valence-electron chi connectivity index (χ2n) is 3.96. The van der Waals surface area contributed by atoms with E-state index >= 15 is 0 Å². The van der Waals surface area contributed by atoms with Gasteiger partial charge in [-0.3, -0.25) is 4.79 Å². The minimum atomic E-state index is 0.0429. The molecule has 2 heterocycles. The predicted molar refractivity (Wildman–Crippen MR) is 80.2 cm³/mol. The first-order chi connectivity index (χ1) is 9.20. The van der Waals surface area contributed by atoms with E-state index in [4.69, 9.17) is 11.6 Å². The maximum absolute atomic E-state index is 11.3. The molecule has 0 saturated carbocycles. The molecular formula is C12H10ClN3OS2. The number of amides is 1. The largest absolute Gasteiger partial charge is 0.378 e. The lowest BCUT2D eigenvalue weighted by Crippen LogP contribution is -2.18. The molecular weight excluding hydrogens is 302 g/mol. The number of thiazole rings is 1. The number of aromatic nitrogens is 1. The van der Waals surface area contributed by atoms with Crippen LogP contribution in [-0.2, 0) is 11.3 Å². The van der Waals surface area contributed by atoms with Crippen LogP contribution in [0, 0.1) is 0 Å². The van der Waals surface area contributed by atoms with Crippen molar-refractivity contribution in [1.29, 1.82) is 0 Å². The SMILES string of the molecule is O=C1CSc2ccc(NCc3ncc(Cl)s3)cc2N1. The molecule has 0 unspecified atom stereocenters. The Morgan fingerprint density at radius 2 is 2.37 bits per heavy atom. The van der Waals surface area contributed by atoms with Gasteiger partial charge in [-0.2, -0.15) is 0 Å². The van der Waals surface area contributed by atoms with Crippen LogP contribution >= 0.6 is 34.7 Å². The van der Waals surface area contributed by atoms with E-state index in [1.165, 1.54) is 11.3 Å². The Morgan fingerprint density at radius 1 is 1.47 bits per heavy atom. The van der Waals surface area contributed by atoms with Crippen molar-refractivity contribution in [2.45, 2.75) is 11.4 Å². The van der Waals surface area contributed by atoms with E-state index in [9.17, 15) is 4.79 Å². The molecule has 0 bridgehead atoms. The Morgan fingerprint density at radius 3 is 3.16 bits per heavy atom. The first-order valence-corrected chi connectivity index (χ1v) is 7.79. The average molecular weight is 312 g/mol. The quantitative estimate of drug-likeness (QED) is 0.911. The predicted octanol–water partition coefficient (Wildman–Crippen LogP) is 3.45.